The normalized spacial score (nSPS) is 16.6. The lowest BCUT2D eigenvalue weighted by Crippen LogP contribution is -2.36. The van der Waals surface area contributed by atoms with Gasteiger partial charge in [0.1, 0.15) is 0 Å². The third-order valence-corrected chi connectivity index (χ3v) is 6.58. The quantitative estimate of drug-likeness (QED) is 0.681. The van der Waals surface area contributed by atoms with Crippen molar-refractivity contribution in [2.24, 2.45) is 0 Å². The lowest BCUT2D eigenvalue weighted by Gasteiger charge is -2.29. The Kier molecular flexibility index (Phi) is 6.74. The molecule has 7 nitrogen and oxygen atoms in total. The molecule has 0 aliphatic carbocycles. The summed E-state index contributed by atoms with van der Waals surface area (Å²) in [6, 6.07) is 10.3. The number of methoxy groups -OCH3 is 3. The van der Waals surface area contributed by atoms with E-state index in [1.807, 2.05) is 0 Å². The molecule has 2 aromatic carbocycles. The van der Waals surface area contributed by atoms with E-state index < -0.39 is 0 Å². The Morgan fingerprint density at radius 1 is 1.00 bits per heavy atom. The zero-order valence-corrected chi connectivity index (χ0v) is 19.4. The summed E-state index contributed by atoms with van der Waals surface area (Å²) in [6.07, 6.45) is 3.47. The Balaban J connectivity index is 1.55. The van der Waals surface area contributed by atoms with Crippen LogP contribution in [0.25, 0.3) is 0 Å². The average Bonchev–Trinajstić information content (AvgIpc) is 3.48. The molecule has 172 valence electrons. The van der Waals surface area contributed by atoms with Gasteiger partial charge in [-0.3, -0.25) is 9.69 Å². The van der Waals surface area contributed by atoms with Crippen molar-refractivity contribution in [1.29, 1.82) is 0 Å². The van der Waals surface area contributed by atoms with Crippen molar-refractivity contribution in [2.75, 3.05) is 59.5 Å². The summed E-state index contributed by atoms with van der Waals surface area (Å²) in [5, 5.41) is 3.15. The molecule has 4 rings (SSSR count). The van der Waals surface area contributed by atoms with Crippen LogP contribution in [0.2, 0.25) is 0 Å². The number of carbonyl (C=O) groups is 1. The molecule has 0 saturated carbocycles. The molecule has 1 saturated heterocycles. The summed E-state index contributed by atoms with van der Waals surface area (Å²) in [5.41, 5.74) is 4.46. The van der Waals surface area contributed by atoms with Gasteiger partial charge in [-0.2, -0.15) is 0 Å². The first-order valence-electron chi connectivity index (χ1n) is 11.2. The Labute approximate surface area is 190 Å². The van der Waals surface area contributed by atoms with Crippen LogP contribution in [0, 0.1) is 0 Å². The van der Waals surface area contributed by atoms with E-state index in [0.29, 0.717) is 29.4 Å². The first-order chi connectivity index (χ1) is 15.5. The van der Waals surface area contributed by atoms with E-state index in [1.165, 1.54) is 29.7 Å². The number of amides is 1. The fraction of sp³-hybridized carbons (Fsp3) is 0.480. The number of rotatable bonds is 8. The largest absolute Gasteiger partial charge is 0.493 e. The van der Waals surface area contributed by atoms with Crippen molar-refractivity contribution in [3.05, 3.63) is 47.0 Å². The summed E-state index contributed by atoms with van der Waals surface area (Å²) >= 11 is 0. The van der Waals surface area contributed by atoms with Gasteiger partial charge in [0, 0.05) is 31.4 Å². The third kappa shape index (κ3) is 4.35. The van der Waals surface area contributed by atoms with Crippen LogP contribution in [0.1, 0.15) is 40.4 Å². The van der Waals surface area contributed by atoms with Crippen LogP contribution in [0.5, 0.6) is 17.2 Å². The van der Waals surface area contributed by atoms with Gasteiger partial charge in [0.15, 0.2) is 11.5 Å². The lowest BCUT2D eigenvalue weighted by atomic mass is 10.0. The van der Waals surface area contributed by atoms with Gasteiger partial charge in [0.2, 0.25) is 5.75 Å². The molecule has 2 aliphatic heterocycles. The van der Waals surface area contributed by atoms with Gasteiger partial charge in [-0.05, 0) is 61.7 Å². The minimum Gasteiger partial charge on any atom is -0.493 e. The van der Waals surface area contributed by atoms with Gasteiger partial charge in [-0.15, -0.1) is 0 Å². The van der Waals surface area contributed by atoms with Crippen molar-refractivity contribution in [3.63, 3.8) is 0 Å². The highest BCUT2D eigenvalue weighted by Gasteiger charge is 2.26. The molecule has 7 heteroatoms. The van der Waals surface area contributed by atoms with E-state index in [9.17, 15) is 4.79 Å². The molecule has 0 aromatic heterocycles. The highest BCUT2D eigenvalue weighted by atomic mass is 16.5. The monoisotopic (exact) mass is 439 g/mol. The third-order valence-electron chi connectivity index (χ3n) is 6.58. The van der Waals surface area contributed by atoms with Gasteiger partial charge in [-0.25, -0.2) is 0 Å². The number of likely N-dealkylation sites (tertiary alicyclic amines) is 1. The molecule has 0 bridgehead atoms. The van der Waals surface area contributed by atoms with Gasteiger partial charge >= 0.3 is 0 Å². The Bertz CT molecular complexity index is 947. The van der Waals surface area contributed by atoms with E-state index in [2.05, 4.69) is 40.4 Å². The molecule has 0 radical (unpaired) electrons. The molecular formula is C25H33N3O4. The molecule has 2 aromatic rings. The van der Waals surface area contributed by atoms with Crippen molar-refractivity contribution in [2.45, 2.75) is 25.3 Å². The zero-order valence-electron chi connectivity index (χ0n) is 19.4. The number of nitrogens with zero attached hydrogens (tertiary/aromatic N) is 2. The summed E-state index contributed by atoms with van der Waals surface area (Å²) in [6.45, 7) is 3.72. The van der Waals surface area contributed by atoms with Crippen molar-refractivity contribution in [3.8, 4) is 17.2 Å². The smallest absolute Gasteiger partial charge is 0.251 e. The average molecular weight is 440 g/mol. The SMILES string of the molecule is COc1cc(C(=O)NC[C@H](c2ccc3c(c2)CCN3C)N2CCCC2)cc(OC)c1OC. The van der Waals surface area contributed by atoms with Gasteiger partial charge in [-0.1, -0.05) is 12.1 Å². The predicted molar refractivity (Wildman–Crippen MR) is 125 cm³/mol. The minimum atomic E-state index is -0.158. The molecule has 1 fully saturated rings. The fourth-order valence-corrected chi connectivity index (χ4v) is 4.81. The van der Waals surface area contributed by atoms with Crippen LogP contribution >= 0.6 is 0 Å². The summed E-state index contributed by atoms with van der Waals surface area (Å²) < 4.78 is 16.2. The molecule has 1 amide bonds. The summed E-state index contributed by atoms with van der Waals surface area (Å²) in [7, 11) is 6.79. The second-order valence-corrected chi connectivity index (χ2v) is 8.44. The van der Waals surface area contributed by atoms with Gasteiger partial charge < -0.3 is 24.4 Å². The number of fused-ring (bicyclic) bond motifs is 1. The first-order valence-corrected chi connectivity index (χ1v) is 11.2. The van der Waals surface area contributed by atoms with Crippen LogP contribution in [0.15, 0.2) is 30.3 Å². The molecule has 0 spiro atoms. The second kappa shape index (κ2) is 9.69. The maximum absolute atomic E-state index is 13.1. The summed E-state index contributed by atoms with van der Waals surface area (Å²) in [4.78, 5) is 17.9. The van der Waals surface area contributed by atoms with E-state index in [-0.39, 0.29) is 11.9 Å². The molecule has 32 heavy (non-hydrogen) atoms. The Morgan fingerprint density at radius 2 is 1.69 bits per heavy atom. The van der Waals surface area contributed by atoms with Crippen LogP contribution in [0.4, 0.5) is 5.69 Å². The second-order valence-electron chi connectivity index (χ2n) is 8.44. The van der Waals surface area contributed by atoms with Crippen molar-refractivity contribution >= 4 is 11.6 Å². The fourth-order valence-electron chi connectivity index (χ4n) is 4.81. The Morgan fingerprint density at radius 3 is 2.31 bits per heavy atom. The highest BCUT2D eigenvalue weighted by Crippen LogP contribution is 2.38. The van der Waals surface area contributed by atoms with Gasteiger partial charge in [0.25, 0.3) is 5.91 Å². The first kappa shape index (κ1) is 22.3. The standard InChI is InChI=1S/C25H33N3O4/c1-27-12-9-18-13-17(7-8-20(18)27)21(28-10-5-6-11-28)16-26-25(29)19-14-22(30-2)24(32-4)23(15-19)31-3/h7-8,13-15,21H,5-6,9-12,16H2,1-4H3,(H,26,29)/t21-/m1/s1. The van der Waals surface area contributed by atoms with Crippen LogP contribution in [-0.2, 0) is 6.42 Å². The molecule has 2 heterocycles. The zero-order chi connectivity index (χ0) is 22.7. The number of nitrogens with one attached hydrogen (secondary N) is 1. The number of ether oxygens (including phenoxy) is 3. The maximum Gasteiger partial charge on any atom is 0.251 e. The highest BCUT2D eigenvalue weighted by molar-refractivity contribution is 5.95. The minimum absolute atomic E-state index is 0.152. The number of hydrogen-bond donors (Lipinski definition) is 1. The molecule has 1 N–H and O–H groups in total. The topological polar surface area (TPSA) is 63.3 Å². The molecular weight excluding hydrogens is 406 g/mol. The summed E-state index contributed by atoms with van der Waals surface area (Å²) in [5.74, 6) is 1.26. The molecule has 1 atom stereocenters. The van der Waals surface area contributed by atoms with Crippen LogP contribution in [0.3, 0.4) is 0 Å². The van der Waals surface area contributed by atoms with Gasteiger partial charge in [0.05, 0.1) is 27.4 Å². The number of carbonyl (C=O) groups excluding carboxylic acids is 1. The van der Waals surface area contributed by atoms with E-state index in [0.717, 1.165) is 26.1 Å². The Hall–Kier alpha value is -2.93. The molecule has 0 unspecified atom stereocenters. The van der Waals surface area contributed by atoms with E-state index in [1.54, 1.807) is 33.5 Å². The van der Waals surface area contributed by atoms with Crippen molar-refractivity contribution < 1.29 is 19.0 Å². The van der Waals surface area contributed by atoms with Crippen LogP contribution in [-0.4, -0.2) is 65.4 Å². The predicted octanol–water partition coefficient (Wildman–Crippen LogP) is 3.27. The number of anilines is 1. The van der Waals surface area contributed by atoms with E-state index in [4.69, 9.17) is 14.2 Å². The number of hydrogen-bond acceptors (Lipinski definition) is 6. The van der Waals surface area contributed by atoms with Crippen molar-refractivity contribution in [1.82, 2.24) is 10.2 Å². The number of likely N-dealkylation sites (N-methyl/N-ethyl adjacent to an activating group) is 1. The lowest BCUT2D eigenvalue weighted by molar-refractivity contribution is 0.0937. The van der Waals surface area contributed by atoms with E-state index >= 15 is 0 Å². The molecule has 2 aliphatic rings. The number of benzene rings is 2. The van der Waals surface area contributed by atoms with Crippen LogP contribution < -0.4 is 24.4 Å². The maximum atomic E-state index is 13.1.